The number of nitrogens with one attached hydrogen (secondary N) is 1. The van der Waals surface area contributed by atoms with E-state index in [2.05, 4.69) is 5.32 Å². The van der Waals surface area contributed by atoms with Crippen LogP contribution in [0.2, 0.25) is 0 Å². The Morgan fingerprint density at radius 2 is 1.89 bits per heavy atom. The topological polar surface area (TPSA) is 64.0 Å². The number of hydrogen-bond acceptors (Lipinski definition) is 5. The van der Waals surface area contributed by atoms with Gasteiger partial charge in [0.2, 0.25) is 5.91 Å². The second-order valence-electron chi connectivity index (χ2n) is 7.09. The third kappa shape index (κ3) is 4.15. The van der Waals surface area contributed by atoms with Crippen molar-refractivity contribution in [1.29, 1.82) is 0 Å². The van der Waals surface area contributed by atoms with E-state index >= 15 is 0 Å². The fourth-order valence-electron chi connectivity index (χ4n) is 2.97. The van der Waals surface area contributed by atoms with E-state index in [0.29, 0.717) is 17.1 Å². The van der Waals surface area contributed by atoms with Crippen LogP contribution in [0.4, 0.5) is 0 Å². The van der Waals surface area contributed by atoms with Crippen LogP contribution in [-0.2, 0) is 11.3 Å². The van der Waals surface area contributed by atoms with Gasteiger partial charge in [-0.25, -0.2) is 4.98 Å². The Balaban J connectivity index is 1.85. The average molecular weight is 416 g/mol. The van der Waals surface area contributed by atoms with E-state index in [0.717, 1.165) is 20.8 Å². The van der Waals surface area contributed by atoms with Gasteiger partial charge in [0.1, 0.15) is 4.83 Å². The van der Waals surface area contributed by atoms with E-state index in [1.54, 1.807) is 4.57 Å². The molecule has 0 saturated heterocycles. The Hall–Kier alpha value is -2.12. The highest BCUT2D eigenvalue weighted by Gasteiger charge is 2.22. The molecule has 3 rings (SSSR count). The van der Waals surface area contributed by atoms with Gasteiger partial charge in [0.15, 0.2) is 5.16 Å². The summed E-state index contributed by atoms with van der Waals surface area (Å²) in [6.45, 7) is 10.2. The highest BCUT2D eigenvalue weighted by atomic mass is 32.2. The molecule has 0 aliphatic heterocycles. The molecule has 0 fully saturated rings. The van der Waals surface area contributed by atoms with Crippen LogP contribution in [0, 0.1) is 13.8 Å². The van der Waals surface area contributed by atoms with Crippen LogP contribution >= 0.6 is 23.1 Å². The summed E-state index contributed by atoms with van der Waals surface area (Å²) in [5.41, 5.74) is 2.02. The number of carbonyl (C=O) groups is 1. The average Bonchev–Trinajstić information content (AvgIpc) is 2.94. The molecule has 28 heavy (non-hydrogen) atoms. The molecule has 0 aliphatic rings. The number of aromatic nitrogens is 2. The summed E-state index contributed by atoms with van der Waals surface area (Å²) >= 11 is 2.86. The molecule has 1 N–H and O–H groups in total. The van der Waals surface area contributed by atoms with Crippen molar-refractivity contribution in [2.75, 3.05) is 0 Å². The van der Waals surface area contributed by atoms with Gasteiger partial charge in [-0.2, -0.15) is 0 Å². The molecule has 2 heterocycles. The molecule has 7 heteroatoms. The zero-order chi connectivity index (χ0) is 20.4. The predicted octanol–water partition coefficient (Wildman–Crippen LogP) is 4.45. The molecule has 3 aromatic rings. The van der Waals surface area contributed by atoms with Gasteiger partial charge in [0.05, 0.1) is 10.6 Å². The molecule has 2 aromatic heterocycles. The minimum absolute atomic E-state index is 0.0266. The number of thiophene rings is 1. The number of carbonyl (C=O) groups excluding carboxylic acids is 1. The number of rotatable bonds is 6. The second kappa shape index (κ2) is 8.49. The van der Waals surface area contributed by atoms with Crippen LogP contribution < -0.4 is 10.9 Å². The molecule has 0 saturated carbocycles. The van der Waals surface area contributed by atoms with E-state index in [9.17, 15) is 9.59 Å². The molecule has 1 atom stereocenters. The normalized spacial score (nSPS) is 12.5. The van der Waals surface area contributed by atoms with Crippen molar-refractivity contribution in [1.82, 2.24) is 14.9 Å². The molecule has 0 aliphatic carbocycles. The van der Waals surface area contributed by atoms with Crippen molar-refractivity contribution in [3.63, 3.8) is 0 Å². The summed E-state index contributed by atoms with van der Waals surface area (Å²) in [6.07, 6.45) is 0. The Morgan fingerprint density at radius 3 is 2.54 bits per heavy atom. The van der Waals surface area contributed by atoms with Gasteiger partial charge >= 0.3 is 0 Å². The second-order valence-corrected chi connectivity index (χ2v) is 9.60. The van der Waals surface area contributed by atoms with Crippen LogP contribution in [0.5, 0.6) is 0 Å². The van der Waals surface area contributed by atoms with Crippen LogP contribution in [0.15, 0.2) is 40.3 Å². The lowest BCUT2D eigenvalue weighted by Crippen LogP contribution is -2.32. The Bertz CT molecular complexity index is 1050. The molecular formula is C21H25N3O2S2. The molecule has 1 aromatic carbocycles. The molecule has 0 radical (unpaired) electrons. The summed E-state index contributed by atoms with van der Waals surface area (Å²) < 4.78 is 1.70. The Labute approximate surface area is 173 Å². The number of hydrogen-bond donors (Lipinski definition) is 1. The van der Waals surface area contributed by atoms with Gasteiger partial charge in [0.25, 0.3) is 5.56 Å². The van der Waals surface area contributed by atoms with Crippen molar-refractivity contribution < 1.29 is 4.79 Å². The van der Waals surface area contributed by atoms with Crippen LogP contribution in [0.1, 0.15) is 42.8 Å². The first-order valence-corrected chi connectivity index (χ1v) is 11.0. The zero-order valence-electron chi connectivity index (χ0n) is 16.8. The lowest BCUT2D eigenvalue weighted by Gasteiger charge is -2.18. The first-order valence-electron chi connectivity index (χ1n) is 9.30. The molecular weight excluding hydrogens is 390 g/mol. The smallest absolute Gasteiger partial charge is 0.263 e. The Morgan fingerprint density at radius 1 is 1.21 bits per heavy atom. The third-order valence-corrected chi connectivity index (χ3v) is 6.85. The molecule has 1 amide bonds. The van der Waals surface area contributed by atoms with Crippen molar-refractivity contribution in [2.24, 2.45) is 0 Å². The molecule has 0 spiro atoms. The summed E-state index contributed by atoms with van der Waals surface area (Å²) in [4.78, 5) is 32.3. The summed E-state index contributed by atoms with van der Waals surface area (Å²) in [5.74, 6) is -0.0722. The van der Waals surface area contributed by atoms with E-state index < -0.39 is 0 Å². The van der Waals surface area contributed by atoms with Crippen molar-refractivity contribution in [3.05, 3.63) is 56.7 Å². The first-order chi connectivity index (χ1) is 13.3. The number of fused-ring (bicyclic) bond motifs is 1. The fraction of sp³-hybridized carbons (Fsp3) is 0.381. The van der Waals surface area contributed by atoms with Crippen LogP contribution in [0.3, 0.4) is 0 Å². The van der Waals surface area contributed by atoms with Crippen molar-refractivity contribution in [3.8, 4) is 0 Å². The van der Waals surface area contributed by atoms with Crippen molar-refractivity contribution >= 4 is 39.2 Å². The SMILES string of the molecule is Cc1sc2nc(SC(C)C(=O)NCc3ccccc3)n(C(C)C)c(=O)c2c1C. The van der Waals surface area contributed by atoms with E-state index in [1.807, 2.05) is 65.0 Å². The lowest BCUT2D eigenvalue weighted by atomic mass is 10.2. The number of amides is 1. The predicted molar refractivity (Wildman–Crippen MR) is 117 cm³/mol. The highest BCUT2D eigenvalue weighted by molar-refractivity contribution is 8.00. The monoisotopic (exact) mass is 415 g/mol. The fourth-order valence-corrected chi connectivity index (χ4v) is 5.10. The number of nitrogens with zero attached hydrogens (tertiary/aromatic N) is 2. The van der Waals surface area contributed by atoms with Gasteiger partial charge in [-0.3, -0.25) is 14.2 Å². The van der Waals surface area contributed by atoms with Gasteiger partial charge < -0.3 is 5.32 Å². The Kier molecular flexibility index (Phi) is 6.25. The summed E-state index contributed by atoms with van der Waals surface area (Å²) in [5, 5.41) is 3.89. The van der Waals surface area contributed by atoms with Gasteiger partial charge in [-0.05, 0) is 45.7 Å². The standard InChI is InChI=1S/C21H25N3O2S2/c1-12(2)24-20(26)17-13(3)14(4)27-19(17)23-21(24)28-15(5)18(25)22-11-16-9-7-6-8-10-16/h6-10,12,15H,11H2,1-5H3,(H,22,25). The van der Waals surface area contributed by atoms with Gasteiger partial charge in [-0.1, -0.05) is 42.1 Å². The number of aryl methyl sites for hydroxylation is 2. The third-order valence-electron chi connectivity index (χ3n) is 4.68. The number of thioether (sulfide) groups is 1. The van der Waals surface area contributed by atoms with Gasteiger partial charge in [-0.15, -0.1) is 11.3 Å². The summed E-state index contributed by atoms with van der Waals surface area (Å²) in [6, 6.07) is 9.77. The van der Waals surface area contributed by atoms with Crippen LogP contribution in [0.25, 0.3) is 10.2 Å². The minimum Gasteiger partial charge on any atom is -0.351 e. The zero-order valence-corrected chi connectivity index (χ0v) is 18.4. The van der Waals surface area contributed by atoms with E-state index in [1.165, 1.54) is 23.1 Å². The maximum atomic E-state index is 13.1. The molecule has 148 valence electrons. The van der Waals surface area contributed by atoms with Crippen LogP contribution in [-0.4, -0.2) is 20.7 Å². The van der Waals surface area contributed by atoms with Gasteiger partial charge in [0, 0.05) is 17.5 Å². The van der Waals surface area contributed by atoms with E-state index in [-0.39, 0.29) is 22.8 Å². The maximum absolute atomic E-state index is 13.1. The molecule has 5 nitrogen and oxygen atoms in total. The quantitative estimate of drug-likeness (QED) is 0.477. The lowest BCUT2D eigenvalue weighted by molar-refractivity contribution is -0.120. The number of benzene rings is 1. The first kappa shape index (κ1) is 20.6. The van der Waals surface area contributed by atoms with E-state index in [4.69, 9.17) is 4.98 Å². The molecule has 0 bridgehead atoms. The molecule has 1 unspecified atom stereocenters. The maximum Gasteiger partial charge on any atom is 0.263 e. The van der Waals surface area contributed by atoms with Crippen molar-refractivity contribution in [2.45, 2.75) is 57.6 Å². The highest BCUT2D eigenvalue weighted by Crippen LogP contribution is 2.30. The minimum atomic E-state index is -0.361. The largest absolute Gasteiger partial charge is 0.351 e. The summed E-state index contributed by atoms with van der Waals surface area (Å²) in [7, 11) is 0.